The molecule has 0 saturated carbocycles. The number of furan rings is 1. The number of ether oxygens (including phenoxy) is 1. The van der Waals surface area contributed by atoms with Gasteiger partial charge in [0.05, 0.1) is 12.7 Å². The predicted molar refractivity (Wildman–Crippen MR) is 78.3 cm³/mol. The lowest BCUT2D eigenvalue weighted by atomic mass is 10.1. The lowest BCUT2D eigenvalue weighted by molar-refractivity contribution is -0.0425. The summed E-state index contributed by atoms with van der Waals surface area (Å²) in [5.74, 6) is 6.55. The Kier molecular flexibility index (Phi) is 3.76. The SMILES string of the molecule is Cc1ccc2oc(C(NN)C3CN(C)CCO3)cc2c1. The minimum Gasteiger partial charge on any atom is -0.459 e. The third-order valence-corrected chi connectivity index (χ3v) is 3.85. The molecular weight excluding hydrogens is 254 g/mol. The Morgan fingerprint density at radius 1 is 1.40 bits per heavy atom. The van der Waals surface area contributed by atoms with E-state index < -0.39 is 0 Å². The van der Waals surface area contributed by atoms with Crippen LogP contribution in [0, 0.1) is 6.92 Å². The summed E-state index contributed by atoms with van der Waals surface area (Å²) in [4.78, 5) is 2.24. The van der Waals surface area contributed by atoms with E-state index in [0.29, 0.717) is 0 Å². The van der Waals surface area contributed by atoms with Crippen LogP contribution in [0.5, 0.6) is 0 Å². The molecule has 5 nitrogen and oxygen atoms in total. The first-order chi connectivity index (χ1) is 9.67. The predicted octanol–water partition coefficient (Wildman–Crippen LogP) is 1.58. The molecule has 1 fully saturated rings. The van der Waals surface area contributed by atoms with Crippen LogP contribution in [-0.2, 0) is 4.74 Å². The lowest BCUT2D eigenvalue weighted by Crippen LogP contribution is -2.48. The highest BCUT2D eigenvalue weighted by Crippen LogP contribution is 2.28. The summed E-state index contributed by atoms with van der Waals surface area (Å²) >= 11 is 0. The van der Waals surface area contributed by atoms with Gasteiger partial charge in [0.1, 0.15) is 17.4 Å². The molecule has 0 radical (unpaired) electrons. The average Bonchev–Trinajstić information content (AvgIpc) is 2.82. The van der Waals surface area contributed by atoms with Gasteiger partial charge in [-0.2, -0.15) is 0 Å². The summed E-state index contributed by atoms with van der Waals surface area (Å²) in [5.41, 5.74) is 4.94. The van der Waals surface area contributed by atoms with Gasteiger partial charge < -0.3 is 14.1 Å². The number of morpholine rings is 1. The fourth-order valence-electron chi connectivity index (χ4n) is 2.72. The molecule has 3 N–H and O–H groups in total. The zero-order chi connectivity index (χ0) is 14.1. The van der Waals surface area contributed by atoms with E-state index in [9.17, 15) is 0 Å². The molecule has 3 rings (SSSR count). The molecular formula is C15H21N3O2. The van der Waals surface area contributed by atoms with Crippen LogP contribution in [0.25, 0.3) is 11.0 Å². The first kappa shape index (κ1) is 13.6. The van der Waals surface area contributed by atoms with Gasteiger partial charge in [-0.3, -0.25) is 5.84 Å². The van der Waals surface area contributed by atoms with E-state index in [2.05, 4.69) is 30.4 Å². The van der Waals surface area contributed by atoms with Gasteiger partial charge in [0.15, 0.2) is 0 Å². The molecule has 2 heterocycles. The Hall–Kier alpha value is -1.40. The summed E-state index contributed by atoms with van der Waals surface area (Å²) in [6.45, 7) is 4.58. The van der Waals surface area contributed by atoms with Crippen LogP contribution in [0.15, 0.2) is 28.7 Å². The maximum atomic E-state index is 5.92. The van der Waals surface area contributed by atoms with Crippen molar-refractivity contribution in [2.24, 2.45) is 5.84 Å². The number of nitrogens with two attached hydrogens (primary N) is 1. The van der Waals surface area contributed by atoms with E-state index in [-0.39, 0.29) is 12.1 Å². The molecule has 2 unspecified atom stereocenters. The van der Waals surface area contributed by atoms with Crippen LogP contribution < -0.4 is 11.3 Å². The minimum absolute atomic E-state index is 0.000379. The number of likely N-dealkylation sites (N-methyl/N-ethyl adjacent to an activating group) is 1. The molecule has 0 aliphatic carbocycles. The van der Waals surface area contributed by atoms with E-state index in [0.717, 1.165) is 36.4 Å². The van der Waals surface area contributed by atoms with Crippen LogP contribution >= 0.6 is 0 Å². The third-order valence-electron chi connectivity index (χ3n) is 3.85. The molecule has 0 bridgehead atoms. The van der Waals surface area contributed by atoms with Crippen LogP contribution in [0.1, 0.15) is 17.4 Å². The number of hydrazine groups is 1. The topological polar surface area (TPSA) is 63.7 Å². The van der Waals surface area contributed by atoms with Gasteiger partial charge in [0.25, 0.3) is 0 Å². The fourth-order valence-corrected chi connectivity index (χ4v) is 2.72. The average molecular weight is 275 g/mol. The normalized spacial score (nSPS) is 22.2. The molecule has 1 aliphatic heterocycles. The van der Waals surface area contributed by atoms with E-state index in [1.807, 2.05) is 18.2 Å². The number of aryl methyl sites for hydroxylation is 1. The van der Waals surface area contributed by atoms with Crippen molar-refractivity contribution in [1.29, 1.82) is 0 Å². The highest BCUT2D eigenvalue weighted by molar-refractivity contribution is 5.78. The van der Waals surface area contributed by atoms with E-state index in [1.54, 1.807) is 0 Å². The van der Waals surface area contributed by atoms with Crippen LogP contribution in [0.3, 0.4) is 0 Å². The molecule has 1 saturated heterocycles. The summed E-state index contributed by atoms with van der Waals surface area (Å²) in [5, 5.41) is 1.10. The number of hydrogen-bond acceptors (Lipinski definition) is 5. The van der Waals surface area contributed by atoms with E-state index in [4.69, 9.17) is 15.0 Å². The molecule has 1 aliphatic rings. The number of nitrogens with zero attached hydrogens (tertiary/aromatic N) is 1. The standard InChI is InChI=1S/C15H21N3O2/c1-10-3-4-12-11(7-10)8-13(20-12)15(17-16)14-9-18(2)5-6-19-14/h3-4,7-8,14-15,17H,5-6,9,16H2,1-2H3. The van der Waals surface area contributed by atoms with Gasteiger partial charge in [0.2, 0.25) is 0 Å². The van der Waals surface area contributed by atoms with Crippen molar-refractivity contribution in [2.45, 2.75) is 19.1 Å². The molecule has 2 atom stereocenters. The molecule has 108 valence electrons. The Labute approximate surface area is 118 Å². The summed E-state index contributed by atoms with van der Waals surface area (Å²) in [6.07, 6.45) is 0.000379. The smallest absolute Gasteiger partial charge is 0.134 e. The summed E-state index contributed by atoms with van der Waals surface area (Å²) in [7, 11) is 2.09. The molecule has 1 aromatic carbocycles. The quantitative estimate of drug-likeness (QED) is 0.657. The van der Waals surface area contributed by atoms with Gasteiger partial charge in [-0.1, -0.05) is 11.6 Å². The number of nitrogens with one attached hydrogen (secondary N) is 1. The van der Waals surface area contributed by atoms with Crippen molar-refractivity contribution in [1.82, 2.24) is 10.3 Å². The molecule has 0 amide bonds. The maximum Gasteiger partial charge on any atom is 0.134 e. The summed E-state index contributed by atoms with van der Waals surface area (Å²) < 4.78 is 11.8. The van der Waals surface area contributed by atoms with Gasteiger partial charge in [-0.15, -0.1) is 0 Å². The van der Waals surface area contributed by atoms with Gasteiger partial charge in [-0.05, 0) is 32.2 Å². The highest BCUT2D eigenvalue weighted by atomic mass is 16.5. The third kappa shape index (κ3) is 2.58. The van der Waals surface area contributed by atoms with Gasteiger partial charge in [0, 0.05) is 18.5 Å². The zero-order valence-electron chi connectivity index (χ0n) is 11.9. The van der Waals surface area contributed by atoms with Crippen molar-refractivity contribution in [2.75, 3.05) is 26.7 Å². The van der Waals surface area contributed by atoms with Crippen molar-refractivity contribution in [3.63, 3.8) is 0 Å². The summed E-state index contributed by atoms with van der Waals surface area (Å²) in [6, 6.07) is 8.07. The molecule has 1 aromatic heterocycles. The molecule has 0 spiro atoms. The fraction of sp³-hybridized carbons (Fsp3) is 0.467. The monoisotopic (exact) mass is 275 g/mol. The number of rotatable bonds is 3. The Balaban J connectivity index is 1.90. The van der Waals surface area contributed by atoms with E-state index >= 15 is 0 Å². The Morgan fingerprint density at radius 2 is 2.25 bits per heavy atom. The van der Waals surface area contributed by atoms with Crippen molar-refractivity contribution in [3.05, 3.63) is 35.6 Å². The zero-order valence-corrected chi connectivity index (χ0v) is 11.9. The molecule has 20 heavy (non-hydrogen) atoms. The first-order valence-corrected chi connectivity index (χ1v) is 6.94. The minimum atomic E-state index is -0.134. The number of hydrogen-bond donors (Lipinski definition) is 2. The van der Waals surface area contributed by atoms with Crippen LogP contribution in [-0.4, -0.2) is 37.7 Å². The first-order valence-electron chi connectivity index (χ1n) is 6.94. The van der Waals surface area contributed by atoms with Gasteiger partial charge in [-0.25, -0.2) is 5.43 Å². The Bertz CT molecular complexity index is 596. The molecule has 2 aromatic rings. The lowest BCUT2D eigenvalue weighted by Gasteiger charge is -2.33. The van der Waals surface area contributed by atoms with Crippen molar-refractivity contribution in [3.8, 4) is 0 Å². The second-order valence-electron chi connectivity index (χ2n) is 5.51. The second kappa shape index (κ2) is 5.54. The van der Waals surface area contributed by atoms with Gasteiger partial charge >= 0.3 is 0 Å². The number of fused-ring (bicyclic) bond motifs is 1. The Morgan fingerprint density at radius 3 is 3.00 bits per heavy atom. The largest absolute Gasteiger partial charge is 0.459 e. The maximum absolute atomic E-state index is 5.92. The van der Waals surface area contributed by atoms with E-state index in [1.165, 1.54) is 5.56 Å². The van der Waals surface area contributed by atoms with Crippen molar-refractivity contribution >= 4 is 11.0 Å². The van der Waals surface area contributed by atoms with Crippen molar-refractivity contribution < 1.29 is 9.15 Å². The number of benzene rings is 1. The highest BCUT2D eigenvalue weighted by Gasteiger charge is 2.29. The van der Waals surface area contributed by atoms with Crippen LogP contribution in [0.4, 0.5) is 0 Å². The second-order valence-corrected chi connectivity index (χ2v) is 5.51. The molecule has 5 heteroatoms. The van der Waals surface area contributed by atoms with Crippen LogP contribution in [0.2, 0.25) is 0 Å².